The molecule has 9 heavy (non-hydrogen) atoms. The maximum atomic E-state index is 9.12. The summed E-state index contributed by atoms with van der Waals surface area (Å²) in [5, 5.41) is 12.2. The number of nitrogens with one attached hydrogen (secondary N) is 1. The van der Waals surface area contributed by atoms with E-state index in [2.05, 4.69) is 12.2 Å². The third kappa shape index (κ3) is 2.52. The summed E-state index contributed by atoms with van der Waals surface area (Å²) in [6.07, 6.45) is 1.00. The Bertz CT molecular complexity index is 69.5. The molecule has 1 rings (SSSR count). The Balaban J connectivity index is 0.000000640. The van der Waals surface area contributed by atoms with E-state index in [9.17, 15) is 0 Å². The molecule has 2 atom stereocenters. The summed E-state index contributed by atoms with van der Waals surface area (Å²) in [7, 11) is 0. The van der Waals surface area contributed by atoms with Gasteiger partial charge in [-0.05, 0) is 18.9 Å². The van der Waals surface area contributed by atoms with Crippen molar-refractivity contribution in [2.75, 3.05) is 13.1 Å². The van der Waals surface area contributed by atoms with Crippen molar-refractivity contribution in [3.8, 4) is 0 Å². The van der Waals surface area contributed by atoms with E-state index in [0.29, 0.717) is 5.92 Å². The summed E-state index contributed by atoms with van der Waals surface area (Å²) in [5.41, 5.74) is 0. The molecule has 0 amide bonds. The topological polar surface area (TPSA) is 32.3 Å². The van der Waals surface area contributed by atoms with Crippen molar-refractivity contribution in [1.82, 2.24) is 5.32 Å². The molecule has 0 aliphatic carbocycles. The number of piperidine rings is 1. The van der Waals surface area contributed by atoms with Crippen LogP contribution in [0.2, 0.25) is 0 Å². The Kier molecular flexibility index (Phi) is 4.19. The fraction of sp³-hybridized carbons (Fsp3) is 1.00. The number of rotatable bonds is 0. The molecule has 1 heterocycles. The van der Waals surface area contributed by atoms with Crippen LogP contribution >= 0.6 is 12.4 Å². The normalized spacial score (nSPS) is 35.3. The van der Waals surface area contributed by atoms with Crippen LogP contribution in [0.5, 0.6) is 0 Å². The maximum Gasteiger partial charge on any atom is 0.0690 e. The van der Waals surface area contributed by atoms with Gasteiger partial charge in [0.1, 0.15) is 0 Å². The van der Waals surface area contributed by atoms with Crippen LogP contribution in [0.15, 0.2) is 0 Å². The Morgan fingerprint density at radius 3 is 2.56 bits per heavy atom. The summed E-state index contributed by atoms with van der Waals surface area (Å²) in [6, 6.07) is 0. The van der Waals surface area contributed by atoms with Crippen LogP contribution in [-0.4, -0.2) is 24.3 Å². The number of hydrogen-bond donors (Lipinski definition) is 2. The van der Waals surface area contributed by atoms with Gasteiger partial charge >= 0.3 is 0 Å². The smallest absolute Gasteiger partial charge is 0.0690 e. The summed E-state index contributed by atoms with van der Waals surface area (Å²) < 4.78 is 0. The van der Waals surface area contributed by atoms with E-state index in [0.717, 1.165) is 19.5 Å². The number of halogens is 1. The molecule has 2 N–H and O–H groups in total. The van der Waals surface area contributed by atoms with Crippen molar-refractivity contribution in [3.05, 3.63) is 0 Å². The van der Waals surface area contributed by atoms with Gasteiger partial charge in [0.15, 0.2) is 0 Å². The van der Waals surface area contributed by atoms with Crippen LogP contribution < -0.4 is 5.32 Å². The Hall–Kier alpha value is 0.210. The average molecular weight is 152 g/mol. The van der Waals surface area contributed by atoms with Crippen molar-refractivity contribution in [3.63, 3.8) is 0 Å². The standard InChI is InChI=1S/C6H13NO.ClH/c1-5-2-3-7-4-6(5)8;/h5-8H,2-4H2,1H3;1H. The Morgan fingerprint density at radius 1 is 1.56 bits per heavy atom. The number of hydrogen-bond acceptors (Lipinski definition) is 2. The molecule has 56 valence electrons. The predicted molar refractivity (Wildman–Crippen MR) is 39.9 cm³/mol. The van der Waals surface area contributed by atoms with Crippen molar-refractivity contribution in [1.29, 1.82) is 0 Å². The van der Waals surface area contributed by atoms with Gasteiger partial charge in [0.25, 0.3) is 0 Å². The lowest BCUT2D eigenvalue weighted by Gasteiger charge is -2.24. The van der Waals surface area contributed by atoms with Crippen LogP contribution in [-0.2, 0) is 0 Å². The predicted octanol–water partition coefficient (Wildman–Crippen LogP) is 0.398. The molecule has 2 unspecified atom stereocenters. The average Bonchev–Trinajstić information content (AvgIpc) is 1.77. The Morgan fingerprint density at radius 2 is 2.22 bits per heavy atom. The lowest BCUT2D eigenvalue weighted by Crippen LogP contribution is -2.39. The minimum Gasteiger partial charge on any atom is -0.392 e. The highest BCUT2D eigenvalue weighted by atomic mass is 35.5. The SMILES string of the molecule is CC1CCNCC1O.Cl. The van der Waals surface area contributed by atoms with Crippen molar-refractivity contribution in [2.24, 2.45) is 5.92 Å². The summed E-state index contributed by atoms with van der Waals surface area (Å²) >= 11 is 0. The van der Waals surface area contributed by atoms with Crippen molar-refractivity contribution in [2.45, 2.75) is 19.4 Å². The molecule has 3 heteroatoms. The molecule has 0 aromatic rings. The number of aliphatic hydroxyl groups is 1. The molecule has 0 spiro atoms. The van der Waals surface area contributed by atoms with E-state index in [-0.39, 0.29) is 18.5 Å². The van der Waals surface area contributed by atoms with Crippen LogP contribution in [0.4, 0.5) is 0 Å². The fourth-order valence-corrected chi connectivity index (χ4v) is 0.973. The van der Waals surface area contributed by atoms with Crippen molar-refractivity contribution < 1.29 is 5.11 Å². The monoisotopic (exact) mass is 151 g/mol. The van der Waals surface area contributed by atoms with E-state index < -0.39 is 0 Å². The maximum absolute atomic E-state index is 9.12. The van der Waals surface area contributed by atoms with Crippen LogP contribution in [0.3, 0.4) is 0 Å². The first-order valence-corrected chi connectivity index (χ1v) is 3.19. The Labute approximate surface area is 62.1 Å². The van der Waals surface area contributed by atoms with Crippen LogP contribution in [0.25, 0.3) is 0 Å². The molecule has 1 saturated heterocycles. The van der Waals surface area contributed by atoms with E-state index in [1.54, 1.807) is 0 Å². The molecule has 0 aromatic heterocycles. The van der Waals surface area contributed by atoms with Gasteiger partial charge in [-0.1, -0.05) is 6.92 Å². The minimum atomic E-state index is -0.108. The largest absolute Gasteiger partial charge is 0.392 e. The molecular formula is C6H14ClNO. The van der Waals surface area contributed by atoms with Gasteiger partial charge in [-0.3, -0.25) is 0 Å². The lowest BCUT2D eigenvalue weighted by atomic mass is 9.98. The second kappa shape index (κ2) is 4.09. The molecule has 1 aliphatic rings. The molecule has 0 aromatic carbocycles. The first kappa shape index (κ1) is 9.21. The zero-order chi connectivity index (χ0) is 5.98. The van der Waals surface area contributed by atoms with Gasteiger partial charge in [-0.25, -0.2) is 0 Å². The number of β-amino-alcohol motifs (C(OH)–C–C–N with tert-alkyl or cyclic N) is 1. The summed E-state index contributed by atoms with van der Waals surface area (Å²) in [4.78, 5) is 0. The van der Waals surface area contributed by atoms with Gasteiger partial charge in [0, 0.05) is 6.54 Å². The van der Waals surface area contributed by atoms with E-state index in [4.69, 9.17) is 5.11 Å². The first-order chi connectivity index (χ1) is 3.80. The summed E-state index contributed by atoms with van der Waals surface area (Å²) in [5.74, 6) is 0.497. The van der Waals surface area contributed by atoms with Gasteiger partial charge in [0.2, 0.25) is 0 Å². The van der Waals surface area contributed by atoms with Gasteiger partial charge in [-0.2, -0.15) is 0 Å². The quantitative estimate of drug-likeness (QED) is 0.526. The second-order valence-electron chi connectivity index (χ2n) is 2.54. The molecule has 1 fully saturated rings. The van der Waals surface area contributed by atoms with Gasteiger partial charge < -0.3 is 10.4 Å². The highest BCUT2D eigenvalue weighted by Gasteiger charge is 2.16. The fourth-order valence-electron chi connectivity index (χ4n) is 0.973. The third-order valence-corrected chi connectivity index (χ3v) is 1.79. The third-order valence-electron chi connectivity index (χ3n) is 1.79. The zero-order valence-electron chi connectivity index (χ0n) is 5.63. The molecule has 2 nitrogen and oxygen atoms in total. The van der Waals surface area contributed by atoms with Crippen molar-refractivity contribution >= 4 is 12.4 Å². The van der Waals surface area contributed by atoms with Gasteiger partial charge in [-0.15, -0.1) is 12.4 Å². The van der Waals surface area contributed by atoms with E-state index in [1.165, 1.54) is 0 Å². The van der Waals surface area contributed by atoms with Crippen LogP contribution in [0.1, 0.15) is 13.3 Å². The zero-order valence-corrected chi connectivity index (χ0v) is 6.45. The van der Waals surface area contributed by atoms with Gasteiger partial charge in [0.05, 0.1) is 6.10 Å². The number of aliphatic hydroxyl groups excluding tert-OH is 1. The van der Waals surface area contributed by atoms with E-state index >= 15 is 0 Å². The molecule has 0 saturated carbocycles. The highest BCUT2D eigenvalue weighted by molar-refractivity contribution is 5.85. The molecular weight excluding hydrogens is 138 g/mol. The second-order valence-corrected chi connectivity index (χ2v) is 2.54. The molecule has 1 aliphatic heterocycles. The molecule has 0 radical (unpaired) electrons. The highest BCUT2D eigenvalue weighted by Crippen LogP contribution is 2.09. The molecule has 0 bridgehead atoms. The summed E-state index contributed by atoms with van der Waals surface area (Å²) in [6.45, 7) is 3.94. The minimum absolute atomic E-state index is 0. The van der Waals surface area contributed by atoms with E-state index in [1.807, 2.05) is 0 Å². The first-order valence-electron chi connectivity index (χ1n) is 3.19. The lowest BCUT2D eigenvalue weighted by molar-refractivity contribution is 0.0915. The van der Waals surface area contributed by atoms with Crippen LogP contribution in [0, 0.1) is 5.92 Å².